The summed E-state index contributed by atoms with van der Waals surface area (Å²) in [6.45, 7) is 1.70. The van der Waals surface area contributed by atoms with Crippen LogP contribution in [0.25, 0.3) is 0 Å². The lowest BCUT2D eigenvalue weighted by Gasteiger charge is -2.36. The van der Waals surface area contributed by atoms with E-state index in [4.69, 9.17) is 14.6 Å². The third-order valence-corrected chi connectivity index (χ3v) is 3.06. The molecule has 1 aliphatic rings. The maximum atomic E-state index is 10.7. The first kappa shape index (κ1) is 13.6. The van der Waals surface area contributed by atoms with Crippen LogP contribution in [-0.2, 0) is 4.79 Å². The highest BCUT2D eigenvalue weighted by atomic mass is 16.5. The second-order valence-electron chi connectivity index (χ2n) is 4.61. The van der Waals surface area contributed by atoms with Crippen molar-refractivity contribution in [1.29, 1.82) is 0 Å². The zero-order valence-electron chi connectivity index (χ0n) is 10.9. The van der Waals surface area contributed by atoms with Gasteiger partial charge in [0.2, 0.25) is 0 Å². The fourth-order valence-corrected chi connectivity index (χ4v) is 1.99. The molecule has 1 heterocycles. The van der Waals surface area contributed by atoms with E-state index in [1.165, 1.54) is 19.2 Å². The largest absolute Gasteiger partial charge is 0.493 e. The van der Waals surface area contributed by atoms with Gasteiger partial charge in [0.15, 0.2) is 17.6 Å². The zero-order chi connectivity index (χ0) is 14.0. The minimum absolute atomic E-state index is 0.120. The van der Waals surface area contributed by atoms with E-state index in [2.05, 4.69) is 4.90 Å². The van der Waals surface area contributed by atoms with Crippen LogP contribution in [0.5, 0.6) is 11.5 Å². The Balaban J connectivity index is 2.14. The second kappa shape index (κ2) is 5.46. The Labute approximate surface area is 111 Å². The van der Waals surface area contributed by atoms with Gasteiger partial charge in [0.1, 0.15) is 6.10 Å². The van der Waals surface area contributed by atoms with E-state index < -0.39 is 12.1 Å². The number of aliphatic carboxylic acids is 1. The summed E-state index contributed by atoms with van der Waals surface area (Å²) in [5.41, 5.74) is 0.266. The summed E-state index contributed by atoms with van der Waals surface area (Å²) in [5, 5.41) is 18.2. The number of hydrogen-bond acceptors (Lipinski definition) is 5. The third kappa shape index (κ3) is 2.97. The van der Waals surface area contributed by atoms with Crippen molar-refractivity contribution in [2.24, 2.45) is 0 Å². The molecule has 1 fully saturated rings. The Morgan fingerprint density at radius 3 is 2.63 bits per heavy atom. The average molecular weight is 267 g/mol. The van der Waals surface area contributed by atoms with Crippen molar-refractivity contribution >= 4 is 5.97 Å². The van der Waals surface area contributed by atoms with Crippen LogP contribution >= 0.6 is 0 Å². The summed E-state index contributed by atoms with van der Waals surface area (Å²) in [6.07, 6.45) is -1.44. The Hall–Kier alpha value is -1.79. The van der Waals surface area contributed by atoms with Gasteiger partial charge in [0.05, 0.1) is 7.11 Å². The van der Waals surface area contributed by atoms with Gasteiger partial charge in [-0.3, -0.25) is 4.90 Å². The molecule has 0 aliphatic carbocycles. The van der Waals surface area contributed by atoms with Gasteiger partial charge in [0.25, 0.3) is 0 Å². The summed E-state index contributed by atoms with van der Waals surface area (Å²) < 4.78 is 10.9. The lowest BCUT2D eigenvalue weighted by molar-refractivity contribution is -0.146. The van der Waals surface area contributed by atoms with Crippen molar-refractivity contribution < 1.29 is 24.5 Å². The summed E-state index contributed by atoms with van der Waals surface area (Å²) >= 11 is 0. The van der Waals surface area contributed by atoms with Gasteiger partial charge in [-0.15, -0.1) is 0 Å². The first-order valence-corrected chi connectivity index (χ1v) is 5.95. The molecule has 0 amide bonds. The Kier molecular flexibility index (Phi) is 3.92. The van der Waals surface area contributed by atoms with Crippen molar-refractivity contribution in [2.75, 3.05) is 27.2 Å². The van der Waals surface area contributed by atoms with Crippen LogP contribution in [0, 0.1) is 0 Å². The molecule has 0 bridgehead atoms. The van der Waals surface area contributed by atoms with Gasteiger partial charge in [-0.1, -0.05) is 6.07 Å². The molecule has 104 valence electrons. The molecular formula is C13H17NO5. The van der Waals surface area contributed by atoms with Crippen LogP contribution in [0.1, 0.15) is 11.7 Å². The Morgan fingerprint density at radius 1 is 1.42 bits per heavy atom. The van der Waals surface area contributed by atoms with Gasteiger partial charge < -0.3 is 19.7 Å². The topological polar surface area (TPSA) is 79.2 Å². The molecular weight excluding hydrogens is 250 g/mol. The number of ether oxygens (including phenoxy) is 2. The van der Waals surface area contributed by atoms with Gasteiger partial charge in [-0.25, -0.2) is 4.79 Å². The fourth-order valence-electron chi connectivity index (χ4n) is 1.99. The zero-order valence-corrected chi connectivity index (χ0v) is 10.9. The van der Waals surface area contributed by atoms with Gasteiger partial charge in [-0.05, 0) is 24.7 Å². The Bertz CT molecular complexity index is 470. The number of aliphatic hydroxyl groups excluding tert-OH is 1. The van der Waals surface area contributed by atoms with Crippen LogP contribution in [-0.4, -0.2) is 54.4 Å². The minimum atomic E-state index is -1.56. The van der Waals surface area contributed by atoms with E-state index in [0.717, 1.165) is 13.1 Å². The van der Waals surface area contributed by atoms with E-state index in [1.54, 1.807) is 6.07 Å². The van der Waals surface area contributed by atoms with Crippen LogP contribution in [0.2, 0.25) is 0 Å². The van der Waals surface area contributed by atoms with Gasteiger partial charge in [-0.2, -0.15) is 0 Å². The molecule has 0 saturated carbocycles. The average Bonchev–Trinajstić information content (AvgIpc) is 2.36. The second-order valence-corrected chi connectivity index (χ2v) is 4.61. The SMILES string of the molecule is COc1cc(C(O)C(=O)O)ccc1OC1CN(C)C1. The maximum absolute atomic E-state index is 10.7. The third-order valence-electron chi connectivity index (χ3n) is 3.06. The van der Waals surface area contributed by atoms with E-state index in [1.807, 2.05) is 7.05 Å². The standard InChI is InChI=1S/C13H17NO5/c1-14-6-9(7-14)19-10-4-3-8(5-11(10)18-2)12(15)13(16)17/h3-5,9,12,15H,6-7H2,1-2H3,(H,16,17). The van der Waals surface area contributed by atoms with Gasteiger partial charge >= 0.3 is 5.97 Å². The first-order chi connectivity index (χ1) is 9.01. The molecule has 6 nitrogen and oxygen atoms in total. The monoisotopic (exact) mass is 267 g/mol. The van der Waals surface area contributed by atoms with E-state index in [0.29, 0.717) is 11.5 Å². The summed E-state index contributed by atoms with van der Waals surface area (Å²) in [5.74, 6) is -0.314. The van der Waals surface area contributed by atoms with E-state index in [9.17, 15) is 9.90 Å². The molecule has 1 aromatic carbocycles. The number of rotatable bonds is 5. The number of methoxy groups -OCH3 is 1. The number of carboxylic acid groups (broad SMARTS) is 1. The molecule has 19 heavy (non-hydrogen) atoms. The normalized spacial score (nSPS) is 17.6. The predicted molar refractivity (Wildman–Crippen MR) is 67.5 cm³/mol. The molecule has 0 radical (unpaired) electrons. The molecule has 1 aromatic rings. The van der Waals surface area contributed by atoms with Crippen molar-refractivity contribution in [1.82, 2.24) is 4.90 Å². The molecule has 2 N–H and O–H groups in total. The lowest BCUT2D eigenvalue weighted by atomic mass is 10.1. The molecule has 2 rings (SSSR count). The van der Waals surface area contributed by atoms with Crippen LogP contribution < -0.4 is 9.47 Å². The van der Waals surface area contributed by atoms with Crippen molar-refractivity contribution in [3.05, 3.63) is 23.8 Å². The van der Waals surface area contributed by atoms with E-state index >= 15 is 0 Å². The van der Waals surface area contributed by atoms with Crippen molar-refractivity contribution in [3.8, 4) is 11.5 Å². The predicted octanol–water partition coefficient (Wildman–Crippen LogP) is 0.506. The van der Waals surface area contributed by atoms with Crippen LogP contribution in [0.15, 0.2) is 18.2 Å². The van der Waals surface area contributed by atoms with Crippen molar-refractivity contribution in [3.63, 3.8) is 0 Å². The Morgan fingerprint density at radius 2 is 2.11 bits per heavy atom. The van der Waals surface area contributed by atoms with Gasteiger partial charge in [0, 0.05) is 13.1 Å². The van der Waals surface area contributed by atoms with E-state index in [-0.39, 0.29) is 11.7 Å². The highest BCUT2D eigenvalue weighted by Gasteiger charge is 2.26. The quantitative estimate of drug-likeness (QED) is 0.809. The number of aliphatic hydroxyl groups is 1. The molecule has 6 heteroatoms. The minimum Gasteiger partial charge on any atom is -0.493 e. The highest BCUT2D eigenvalue weighted by Crippen LogP contribution is 2.32. The summed E-state index contributed by atoms with van der Waals surface area (Å²) in [4.78, 5) is 12.9. The molecule has 0 spiro atoms. The maximum Gasteiger partial charge on any atom is 0.337 e. The summed E-state index contributed by atoms with van der Waals surface area (Å²) in [7, 11) is 3.48. The molecule has 1 unspecified atom stereocenters. The number of carbonyl (C=O) groups is 1. The lowest BCUT2D eigenvalue weighted by Crippen LogP contribution is -2.51. The van der Waals surface area contributed by atoms with Crippen LogP contribution in [0.3, 0.4) is 0 Å². The number of benzene rings is 1. The first-order valence-electron chi connectivity index (χ1n) is 5.95. The number of nitrogens with zero attached hydrogens (tertiary/aromatic N) is 1. The number of hydrogen-bond donors (Lipinski definition) is 2. The smallest absolute Gasteiger partial charge is 0.337 e. The van der Waals surface area contributed by atoms with Crippen molar-refractivity contribution in [2.45, 2.75) is 12.2 Å². The fraction of sp³-hybridized carbons (Fsp3) is 0.462. The molecule has 1 saturated heterocycles. The van der Waals surface area contributed by atoms with Crippen LogP contribution in [0.4, 0.5) is 0 Å². The molecule has 0 aromatic heterocycles. The highest BCUT2D eigenvalue weighted by molar-refractivity contribution is 5.74. The molecule has 1 atom stereocenters. The molecule has 1 aliphatic heterocycles. The summed E-state index contributed by atoms with van der Waals surface area (Å²) in [6, 6.07) is 4.63. The number of likely N-dealkylation sites (N-methyl/N-ethyl adjacent to an activating group) is 1. The number of carboxylic acids is 1. The number of likely N-dealkylation sites (tertiary alicyclic amines) is 1.